The molecule has 16 heavy (non-hydrogen) atoms. The zero-order valence-corrected chi connectivity index (χ0v) is 7.99. The topological polar surface area (TPSA) is 72.4 Å². The molecular weight excluding hydrogens is 227 g/mol. The van der Waals surface area contributed by atoms with Gasteiger partial charge in [0.25, 0.3) is 0 Å². The van der Waals surface area contributed by atoms with Gasteiger partial charge in [-0.15, -0.1) is 0 Å². The van der Waals surface area contributed by atoms with E-state index in [0.717, 1.165) is 4.90 Å². The summed E-state index contributed by atoms with van der Waals surface area (Å²) >= 11 is 0. The van der Waals surface area contributed by atoms with Crippen molar-refractivity contribution in [3.05, 3.63) is 12.0 Å². The minimum Gasteiger partial charge on any atom is -0.431 e. The van der Waals surface area contributed by atoms with Crippen LogP contribution in [0.3, 0.4) is 0 Å². The Morgan fingerprint density at radius 1 is 1.56 bits per heavy atom. The van der Waals surface area contributed by atoms with Gasteiger partial charge in [0.05, 0.1) is 0 Å². The third-order valence-corrected chi connectivity index (χ3v) is 2.17. The van der Waals surface area contributed by atoms with Crippen LogP contribution in [0.15, 0.2) is 10.7 Å². The van der Waals surface area contributed by atoms with Crippen molar-refractivity contribution in [1.82, 2.24) is 4.98 Å². The smallest absolute Gasteiger partial charge is 0.431 e. The van der Waals surface area contributed by atoms with Crippen molar-refractivity contribution in [2.24, 2.45) is 5.73 Å². The number of oxazole rings is 1. The Morgan fingerprint density at radius 2 is 2.25 bits per heavy atom. The predicted octanol–water partition coefficient (Wildman–Crippen LogP) is 0.757. The lowest BCUT2D eigenvalue weighted by Crippen LogP contribution is -2.28. The van der Waals surface area contributed by atoms with Crippen molar-refractivity contribution in [1.29, 1.82) is 0 Å². The minimum atomic E-state index is -4.58. The van der Waals surface area contributed by atoms with E-state index in [1.54, 1.807) is 0 Å². The summed E-state index contributed by atoms with van der Waals surface area (Å²) in [5, 5.41) is 0. The highest BCUT2D eigenvalue weighted by Crippen LogP contribution is 2.31. The molecule has 1 fully saturated rings. The molecule has 8 heteroatoms. The van der Waals surface area contributed by atoms with Crippen molar-refractivity contribution >= 4 is 11.9 Å². The van der Waals surface area contributed by atoms with E-state index >= 15 is 0 Å². The number of halogens is 3. The zero-order chi connectivity index (χ0) is 11.9. The van der Waals surface area contributed by atoms with E-state index in [-0.39, 0.29) is 24.9 Å². The summed E-state index contributed by atoms with van der Waals surface area (Å²) in [5.74, 6) is -0.386. The van der Waals surface area contributed by atoms with Gasteiger partial charge in [0, 0.05) is 19.0 Å². The monoisotopic (exact) mass is 235 g/mol. The lowest BCUT2D eigenvalue weighted by Gasteiger charge is -2.09. The van der Waals surface area contributed by atoms with E-state index in [0.29, 0.717) is 6.26 Å². The van der Waals surface area contributed by atoms with Gasteiger partial charge in [0.15, 0.2) is 5.69 Å². The molecule has 1 aromatic rings. The molecule has 88 valence electrons. The van der Waals surface area contributed by atoms with E-state index in [1.165, 1.54) is 0 Å². The predicted molar refractivity (Wildman–Crippen MR) is 46.5 cm³/mol. The fourth-order valence-corrected chi connectivity index (χ4v) is 1.44. The molecule has 1 aromatic heterocycles. The highest BCUT2D eigenvalue weighted by molar-refractivity contribution is 5.94. The van der Waals surface area contributed by atoms with Crippen LogP contribution in [0, 0.1) is 0 Å². The molecule has 0 saturated carbocycles. The van der Waals surface area contributed by atoms with Crippen molar-refractivity contribution < 1.29 is 22.4 Å². The first kappa shape index (κ1) is 10.9. The Kier molecular flexibility index (Phi) is 2.38. The third kappa shape index (κ3) is 1.87. The highest BCUT2D eigenvalue weighted by atomic mass is 19.4. The van der Waals surface area contributed by atoms with Crippen molar-refractivity contribution in [3.8, 4) is 0 Å². The highest BCUT2D eigenvalue weighted by Gasteiger charge is 2.37. The normalized spacial score (nSPS) is 21.9. The van der Waals surface area contributed by atoms with Gasteiger partial charge in [0.2, 0.25) is 5.91 Å². The maximum absolute atomic E-state index is 12.2. The molecule has 1 aliphatic rings. The van der Waals surface area contributed by atoms with E-state index in [1.807, 2.05) is 0 Å². The first-order valence-electron chi connectivity index (χ1n) is 4.46. The summed E-state index contributed by atoms with van der Waals surface area (Å²) in [6.45, 7) is 0.122. The number of hydrogen-bond donors (Lipinski definition) is 1. The largest absolute Gasteiger partial charge is 0.436 e. The lowest BCUT2D eigenvalue weighted by atomic mass is 10.3. The summed E-state index contributed by atoms with van der Waals surface area (Å²) in [5.41, 5.74) is 4.33. The van der Waals surface area contributed by atoms with Crippen LogP contribution in [0.25, 0.3) is 0 Å². The molecule has 1 saturated heterocycles. The number of amides is 1. The molecule has 1 atom stereocenters. The zero-order valence-electron chi connectivity index (χ0n) is 7.99. The summed E-state index contributed by atoms with van der Waals surface area (Å²) in [6.07, 6.45) is -4.01. The average molecular weight is 235 g/mol. The summed E-state index contributed by atoms with van der Waals surface area (Å²) in [6, 6.07) is -0.751. The van der Waals surface area contributed by atoms with E-state index in [2.05, 4.69) is 9.40 Å². The molecule has 5 nitrogen and oxygen atoms in total. The van der Waals surface area contributed by atoms with Crippen LogP contribution in [0.5, 0.6) is 0 Å². The maximum Gasteiger partial charge on any atom is 0.436 e. The quantitative estimate of drug-likeness (QED) is 0.779. The van der Waals surface area contributed by atoms with Crippen LogP contribution in [0.4, 0.5) is 19.2 Å². The molecule has 1 unspecified atom stereocenters. The Morgan fingerprint density at radius 3 is 2.69 bits per heavy atom. The van der Waals surface area contributed by atoms with Crippen molar-refractivity contribution in [3.63, 3.8) is 0 Å². The molecule has 1 aliphatic heterocycles. The molecule has 2 rings (SSSR count). The Labute approximate surface area is 88.0 Å². The van der Waals surface area contributed by atoms with Crippen LogP contribution in [0.1, 0.15) is 12.1 Å². The molecule has 0 radical (unpaired) electrons. The van der Waals surface area contributed by atoms with Crippen molar-refractivity contribution in [2.75, 3.05) is 11.4 Å². The van der Waals surface area contributed by atoms with Crippen LogP contribution < -0.4 is 10.6 Å². The van der Waals surface area contributed by atoms with Gasteiger partial charge in [-0.25, -0.2) is 0 Å². The van der Waals surface area contributed by atoms with E-state index < -0.39 is 17.9 Å². The van der Waals surface area contributed by atoms with Crippen LogP contribution >= 0.6 is 0 Å². The fourth-order valence-electron chi connectivity index (χ4n) is 1.44. The molecular formula is C8H8F3N3O2. The first-order valence-corrected chi connectivity index (χ1v) is 4.46. The van der Waals surface area contributed by atoms with Gasteiger partial charge >= 0.3 is 12.2 Å². The Balaban J connectivity index is 2.23. The SMILES string of the molecule is NC1CC(=O)N(c2nc(C(F)(F)F)co2)C1. The number of nitrogens with zero attached hydrogens (tertiary/aromatic N) is 2. The van der Waals surface area contributed by atoms with E-state index in [9.17, 15) is 18.0 Å². The Hall–Kier alpha value is -1.57. The second kappa shape index (κ2) is 3.48. The van der Waals surface area contributed by atoms with Crippen LogP contribution in [-0.2, 0) is 11.0 Å². The van der Waals surface area contributed by atoms with Crippen LogP contribution in [-0.4, -0.2) is 23.5 Å². The number of aromatic nitrogens is 1. The number of carbonyl (C=O) groups is 1. The standard InChI is InChI=1S/C8H8F3N3O2/c9-8(10,11)5-3-16-7(13-5)14-2-4(12)1-6(14)15/h3-4H,1-2,12H2. The summed E-state index contributed by atoms with van der Waals surface area (Å²) in [7, 11) is 0. The number of alkyl halides is 3. The third-order valence-electron chi connectivity index (χ3n) is 2.17. The minimum absolute atomic E-state index is 0.0870. The average Bonchev–Trinajstić information content (AvgIpc) is 2.70. The second-order valence-corrected chi connectivity index (χ2v) is 3.48. The summed E-state index contributed by atoms with van der Waals surface area (Å²) < 4.78 is 41.2. The van der Waals surface area contributed by atoms with Crippen LogP contribution in [0.2, 0.25) is 0 Å². The van der Waals surface area contributed by atoms with Gasteiger partial charge in [-0.2, -0.15) is 18.2 Å². The lowest BCUT2D eigenvalue weighted by molar-refractivity contribution is -0.141. The fraction of sp³-hybridized carbons (Fsp3) is 0.500. The molecule has 2 heterocycles. The molecule has 2 N–H and O–H groups in total. The number of carbonyl (C=O) groups excluding carboxylic acids is 1. The Bertz CT molecular complexity index is 415. The van der Waals surface area contributed by atoms with Gasteiger partial charge in [0.1, 0.15) is 6.26 Å². The molecule has 0 aliphatic carbocycles. The molecule has 0 aromatic carbocycles. The van der Waals surface area contributed by atoms with Gasteiger partial charge in [-0.3, -0.25) is 9.69 Å². The number of rotatable bonds is 1. The van der Waals surface area contributed by atoms with E-state index in [4.69, 9.17) is 5.73 Å². The van der Waals surface area contributed by atoms with Gasteiger partial charge in [-0.05, 0) is 0 Å². The van der Waals surface area contributed by atoms with Gasteiger partial charge < -0.3 is 10.2 Å². The first-order chi connectivity index (χ1) is 7.38. The molecule has 0 spiro atoms. The molecule has 0 bridgehead atoms. The van der Waals surface area contributed by atoms with Crippen molar-refractivity contribution in [2.45, 2.75) is 18.6 Å². The van der Waals surface area contributed by atoms with Gasteiger partial charge in [-0.1, -0.05) is 0 Å². The number of anilines is 1. The maximum atomic E-state index is 12.2. The number of nitrogens with two attached hydrogens (primary N) is 1. The molecule has 1 amide bonds. The summed E-state index contributed by atoms with van der Waals surface area (Å²) in [4.78, 5) is 15.5. The second-order valence-electron chi connectivity index (χ2n) is 3.48. The number of hydrogen-bond acceptors (Lipinski definition) is 4.